The van der Waals surface area contributed by atoms with Crippen molar-refractivity contribution in [3.63, 3.8) is 0 Å². The van der Waals surface area contributed by atoms with Gasteiger partial charge in [0.25, 0.3) is 0 Å². The minimum Gasteiger partial charge on any atom is -0.504 e. The maximum absolute atomic E-state index is 9.01. The molecule has 1 aromatic rings. The summed E-state index contributed by atoms with van der Waals surface area (Å²) in [6, 6.07) is 4.55. The molecule has 56 valence electrons. The van der Waals surface area contributed by atoms with Gasteiger partial charge in [0, 0.05) is 6.42 Å². The van der Waals surface area contributed by atoms with E-state index in [9.17, 15) is 0 Å². The second kappa shape index (κ2) is 2.98. The third kappa shape index (κ3) is 1.65. The molecule has 1 rings (SSSR count). The fourth-order valence-electron chi connectivity index (χ4n) is 0.797. The second-order valence-corrected chi connectivity index (χ2v) is 2.20. The van der Waals surface area contributed by atoms with E-state index in [2.05, 4.69) is 5.92 Å². The summed E-state index contributed by atoms with van der Waals surface area (Å²) in [6.45, 7) is 0. The van der Waals surface area contributed by atoms with Gasteiger partial charge >= 0.3 is 0 Å². The number of phenols is 2. The maximum atomic E-state index is 9.01. The number of phenolic OH excluding ortho intramolecular Hbond substituents is 2. The first-order chi connectivity index (χ1) is 5.24. The molecule has 0 atom stereocenters. The fourth-order valence-corrected chi connectivity index (χ4v) is 0.797. The normalized spacial score (nSPS) is 9.00. The lowest BCUT2D eigenvalue weighted by molar-refractivity contribution is 0.403. The van der Waals surface area contributed by atoms with Crippen molar-refractivity contribution in [2.24, 2.45) is 0 Å². The van der Waals surface area contributed by atoms with Crippen LogP contribution in [0.4, 0.5) is 0 Å². The zero-order valence-electron chi connectivity index (χ0n) is 5.91. The van der Waals surface area contributed by atoms with E-state index in [0.717, 1.165) is 5.56 Å². The summed E-state index contributed by atoms with van der Waals surface area (Å²) >= 11 is 0. The van der Waals surface area contributed by atoms with E-state index in [0.29, 0.717) is 6.42 Å². The predicted octanol–water partition coefficient (Wildman–Crippen LogP) is 1.27. The lowest BCUT2D eigenvalue weighted by atomic mass is 10.1. The van der Waals surface area contributed by atoms with Crippen molar-refractivity contribution in [2.75, 3.05) is 0 Å². The number of terminal acetylenes is 1. The molecule has 2 N–H and O–H groups in total. The highest BCUT2D eigenvalue weighted by atomic mass is 16.3. The Morgan fingerprint density at radius 2 is 2.00 bits per heavy atom. The van der Waals surface area contributed by atoms with Gasteiger partial charge in [0.2, 0.25) is 0 Å². The molecule has 0 saturated heterocycles. The van der Waals surface area contributed by atoms with E-state index in [-0.39, 0.29) is 11.5 Å². The third-order valence-corrected chi connectivity index (χ3v) is 1.35. The standard InChI is InChI=1S/C9H8O2/c1-2-3-7-4-5-8(10)9(11)6-7/h1,4-6,10-11H,3H2. The number of hydrogen-bond donors (Lipinski definition) is 2. The van der Waals surface area contributed by atoms with Crippen LogP contribution in [0.3, 0.4) is 0 Å². The first kappa shape index (κ1) is 7.49. The minimum absolute atomic E-state index is 0.120. The molecule has 1 aromatic carbocycles. The van der Waals surface area contributed by atoms with Gasteiger partial charge in [-0.15, -0.1) is 12.3 Å². The fraction of sp³-hybridized carbons (Fsp3) is 0.111. The molecule has 0 spiro atoms. The van der Waals surface area contributed by atoms with E-state index >= 15 is 0 Å². The monoisotopic (exact) mass is 148 g/mol. The first-order valence-electron chi connectivity index (χ1n) is 3.18. The SMILES string of the molecule is C#CCc1ccc(O)c(O)c1. The van der Waals surface area contributed by atoms with Crippen molar-refractivity contribution in [1.29, 1.82) is 0 Å². The highest BCUT2D eigenvalue weighted by Gasteiger charge is 1.98. The summed E-state index contributed by atoms with van der Waals surface area (Å²) in [6.07, 6.45) is 5.52. The number of rotatable bonds is 1. The van der Waals surface area contributed by atoms with Gasteiger partial charge in [-0.25, -0.2) is 0 Å². The molecule has 0 bridgehead atoms. The van der Waals surface area contributed by atoms with Crippen molar-refractivity contribution < 1.29 is 10.2 Å². The first-order valence-corrected chi connectivity index (χ1v) is 3.18. The summed E-state index contributed by atoms with van der Waals surface area (Å²) in [5.74, 6) is 2.19. The highest BCUT2D eigenvalue weighted by Crippen LogP contribution is 2.24. The van der Waals surface area contributed by atoms with Crippen LogP contribution in [0.5, 0.6) is 11.5 Å². The predicted molar refractivity (Wildman–Crippen MR) is 42.3 cm³/mol. The smallest absolute Gasteiger partial charge is 0.157 e. The number of hydrogen-bond acceptors (Lipinski definition) is 2. The molecule has 0 heterocycles. The van der Waals surface area contributed by atoms with Gasteiger partial charge in [-0.3, -0.25) is 0 Å². The molecule has 0 amide bonds. The zero-order chi connectivity index (χ0) is 8.27. The third-order valence-electron chi connectivity index (χ3n) is 1.35. The van der Waals surface area contributed by atoms with Crippen LogP contribution in [-0.2, 0) is 6.42 Å². The average molecular weight is 148 g/mol. The van der Waals surface area contributed by atoms with Crippen molar-refractivity contribution in [3.8, 4) is 23.8 Å². The Balaban J connectivity index is 2.98. The Hall–Kier alpha value is -1.62. The number of aromatic hydroxyl groups is 2. The van der Waals surface area contributed by atoms with Crippen LogP contribution in [0.15, 0.2) is 18.2 Å². The van der Waals surface area contributed by atoms with E-state index in [1.54, 1.807) is 6.07 Å². The van der Waals surface area contributed by atoms with Crippen LogP contribution in [0.1, 0.15) is 5.56 Å². The molecular weight excluding hydrogens is 140 g/mol. The van der Waals surface area contributed by atoms with Crippen LogP contribution in [0.25, 0.3) is 0 Å². The van der Waals surface area contributed by atoms with E-state index in [1.165, 1.54) is 12.1 Å². The highest BCUT2D eigenvalue weighted by molar-refractivity contribution is 5.41. The molecule has 11 heavy (non-hydrogen) atoms. The van der Waals surface area contributed by atoms with Gasteiger partial charge in [0.15, 0.2) is 11.5 Å². The molecule has 0 radical (unpaired) electrons. The lowest BCUT2D eigenvalue weighted by Crippen LogP contribution is -1.79. The summed E-state index contributed by atoms with van der Waals surface area (Å²) in [4.78, 5) is 0. The van der Waals surface area contributed by atoms with E-state index in [1.807, 2.05) is 0 Å². The Bertz CT molecular complexity index is 297. The van der Waals surface area contributed by atoms with Crippen molar-refractivity contribution in [3.05, 3.63) is 23.8 Å². The summed E-state index contributed by atoms with van der Waals surface area (Å²) in [5, 5.41) is 17.9. The van der Waals surface area contributed by atoms with Gasteiger partial charge in [0.05, 0.1) is 0 Å². The molecule has 0 aliphatic heterocycles. The molecule has 0 unspecified atom stereocenters. The second-order valence-electron chi connectivity index (χ2n) is 2.20. The van der Waals surface area contributed by atoms with Crippen molar-refractivity contribution >= 4 is 0 Å². The number of benzene rings is 1. The van der Waals surface area contributed by atoms with Crippen molar-refractivity contribution in [2.45, 2.75) is 6.42 Å². The topological polar surface area (TPSA) is 40.5 Å². The minimum atomic E-state index is -0.127. The molecular formula is C9H8O2. The molecule has 2 heteroatoms. The van der Waals surface area contributed by atoms with Gasteiger partial charge in [0.1, 0.15) is 0 Å². The van der Waals surface area contributed by atoms with Gasteiger partial charge in [-0.1, -0.05) is 6.07 Å². The average Bonchev–Trinajstić information content (AvgIpc) is 1.98. The van der Waals surface area contributed by atoms with Gasteiger partial charge in [-0.2, -0.15) is 0 Å². The van der Waals surface area contributed by atoms with E-state index < -0.39 is 0 Å². The molecule has 2 nitrogen and oxygen atoms in total. The Kier molecular flexibility index (Phi) is 2.03. The molecule has 0 fully saturated rings. The van der Waals surface area contributed by atoms with Gasteiger partial charge < -0.3 is 10.2 Å². The lowest BCUT2D eigenvalue weighted by Gasteiger charge is -1.98. The summed E-state index contributed by atoms with van der Waals surface area (Å²) < 4.78 is 0. The van der Waals surface area contributed by atoms with Crippen molar-refractivity contribution in [1.82, 2.24) is 0 Å². The quantitative estimate of drug-likeness (QED) is 0.465. The van der Waals surface area contributed by atoms with Crippen LogP contribution >= 0.6 is 0 Å². The Morgan fingerprint density at radius 1 is 1.27 bits per heavy atom. The largest absolute Gasteiger partial charge is 0.504 e. The molecule has 0 aliphatic carbocycles. The van der Waals surface area contributed by atoms with Gasteiger partial charge in [-0.05, 0) is 17.7 Å². The van der Waals surface area contributed by atoms with E-state index in [4.69, 9.17) is 16.6 Å². The summed E-state index contributed by atoms with van der Waals surface area (Å²) in [7, 11) is 0. The molecule has 0 saturated carbocycles. The van der Waals surface area contributed by atoms with Crippen LogP contribution in [0, 0.1) is 12.3 Å². The molecule has 0 aromatic heterocycles. The summed E-state index contributed by atoms with van der Waals surface area (Å²) in [5.41, 5.74) is 0.822. The maximum Gasteiger partial charge on any atom is 0.157 e. The zero-order valence-corrected chi connectivity index (χ0v) is 5.91. The Labute approximate surface area is 65.1 Å². The van der Waals surface area contributed by atoms with Crippen LogP contribution in [-0.4, -0.2) is 10.2 Å². The van der Waals surface area contributed by atoms with Crippen LogP contribution in [0.2, 0.25) is 0 Å². The van der Waals surface area contributed by atoms with Crippen LogP contribution < -0.4 is 0 Å². The molecule has 0 aliphatic rings. The Morgan fingerprint density at radius 3 is 2.55 bits per heavy atom.